The molecule has 0 aromatic heterocycles. The van der Waals surface area contributed by atoms with E-state index in [0.29, 0.717) is 25.1 Å². The summed E-state index contributed by atoms with van der Waals surface area (Å²) in [5.41, 5.74) is 0.267. The number of rotatable bonds is 4. The molecule has 3 aliphatic heterocycles. The average Bonchev–Trinajstić information content (AvgIpc) is 3.27. The van der Waals surface area contributed by atoms with Gasteiger partial charge in [-0.25, -0.2) is 4.79 Å². The van der Waals surface area contributed by atoms with Gasteiger partial charge in [-0.1, -0.05) is 0 Å². The molecule has 1 saturated carbocycles. The van der Waals surface area contributed by atoms with E-state index in [4.69, 9.17) is 4.74 Å². The summed E-state index contributed by atoms with van der Waals surface area (Å²) in [6.07, 6.45) is 2.88. The quantitative estimate of drug-likeness (QED) is 0.698. The number of amides is 1. The second kappa shape index (κ2) is 8.25. The van der Waals surface area contributed by atoms with E-state index < -0.39 is 12.7 Å². The minimum Gasteiger partial charge on any atom is -0.450 e. The Bertz CT molecular complexity index is 586. The van der Waals surface area contributed by atoms with E-state index in [1.54, 1.807) is 4.90 Å². The molecule has 5 nitrogen and oxygen atoms in total. The first-order chi connectivity index (χ1) is 13.8. The van der Waals surface area contributed by atoms with Gasteiger partial charge in [0.2, 0.25) is 0 Å². The predicted molar refractivity (Wildman–Crippen MR) is 104 cm³/mol. The minimum absolute atomic E-state index is 0.111. The number of piperidine rings is 1. The smallest absolute Gasteiger partial charge is 0.409 e. The third-order valence-electron chi connectivity index (χ3n) is 7.73. The van der Waals surface area contributed by atoms with Crippen LogP contribution in [-0.4, -0.2) is 84.9 Å². The van der Waals surface area contributed by atoms with E-state index in [0.717, 1.165) is 71.1 Å². The van der Waals surface area contributed by atoms with Gasteiger partial charge in [-0.15, -0.1) is 0 Å². The number of alkyl halides is 3. The summed E-state index contributed by atoms with van der Waals surface area (Å²) in [5, 5.41) is 0. The number of likely N-dealkylation sites (tertiary alicyclic amines) is 3. The topological polar surface area (TPSA) is 36.0 Å². The van der Waals surface area contributed by atoms with Crippen molar-refractivity contribution in [1.29, 1.82) is 0 Å². The molecule has 0 radical (unpaired) electrons. The Morgan fingerprint density at radius 3 is 2.48 bits per heavy atom. The van der Waals surface area contributed by atoms with Gasteiger partial charge in [-0.2, -0.15) is 13.2 Å². The lowest BCUT2D eigenvalue weighted by Crippen LogP contribution is -2.55. The molecule has 1 spiro atoms. The van der Waals surface area contributed by atoms with Crippen LogP contribution in [0.15, 0.2) is 0 Å². The lowest BCUT2D eigenvalue weighted by Gasteiger charge is -2.52. The number of hydrogen-bond acceptors (Lipinski definition) is 4. The first-order valence-electron chi connectivity index (χ1n) is 11.3. The van der Waals surface area contributed by atoms with Gasteiger partial charge in [-0.05, 0) is 82.8 Å². The van der Waals surface area contributed by atoms with Crippen LogP contribution in [0.4, 0.5) is 18.0 Å². The highest BCUT2D eigenvalue weighted by Gasteiger charge is 2.51. The lowest BCUT2D eigenvalue weighted by atomic mass is 9.64. The molecule has 1 aliphatic carbocycles. The summed E-state index contributed by atoms with van der Waals surface area (Å²) in [6, 6.07) is 0.687. The molecule has 1 amide bonds. The van der Waals surface area contributed by atoms with E-state index in [2.05, 4.69) is 4.90 Å². The molecule has 4 aliphatic rings. The average molecular weight is 418 g/mol. The summed E-state index contributed by atoms with van der Waals surface area (Å²) < 4.78 is 43.7. The fourth-order valence-corrected chi connectivity index (χ4v) is 6.32. The van der Waals surface area contributed by atoms with Crippen LogP contribution in [-0.2, 0) is 4.74 Å². The van der Waals surface area contributed by atoms with Gasteiger partial charge < -0.3 is 14.5 Å². The Morgan fingerprint density at radius 2 is 1.83 bits per heavy atom. The van der Waals surface area contributed by atoms with Crippen LogP contribution in [0.1, 0.15) is 51.9 Å². The zero-order chi connectivity index (χ0) is 20.6. The summed E-state index contributed by atoms with van der Waals surface area (Å²) >= 11 is 0. The largest absolute Gasteiger partial charge is 0.450 e. The Balaban J connectivity index is 1.22. The van der Waals surface area contributed by atoms with Crippen molar-refractivity contribution in [1.82, 2.24) is 14.7 Å². The van der Waals surface area contributed by atoms with Crippen LogP contribution in [0.25, 0.3) is 0 Å². The first-order valence-corrected chi connectivity index (χ1v) is 11.3. The molecule has 0 aromatic rings. The highest BCUT2D eigenvalue weighted by Crippen LogP contribution is 2.51. The predicted octanol–water partition coefficient (Wildman–Crippen LogP) is 3.74. The number of carbonyl (C=O) groups is 1. The fraction of sp³-hybridized carbons (Fsp3) is 0.952. The summed E-state index contributed by atoms with van der Waals surface area (Å²) in [4.78, 5) is 18.0. The van der Waals surface area contributed by atoms with Gasteiger partial charge in [0.25, 0.3) is 0 Å². The van der Waals surface area contributed by atoms with E-state index in [9.17, 15) is 18.0 Å². The van der Waals surface area contributed by atoms with E-state index in [-0.39, 0.29) is 17.6 Å². The van der Waals surface area contributed by atoms with Crippen LogP contribution >= 0.6 is 0 Å². The number of ether oxygens (including phenoxy) is 1. The van der Waals surface area contributed by atoms with Crippen molar-refractivity contribution >= 4 is 6.09 Å². The van der Waals surface area contributed by atoms with E-state index in [1.165, 1.54) is 0 Å². The van der Waals surface area contributed by atoms with Crippen molar-refractivity contribution in [3.05, 3.63) is 0 Å². The molecular weight excluding hydrogens is 383 g/mol. The van der Waals surface area contributed by atoms with Crippen LogP contribution < -0.4 is 0 Å². The Morgan fingerprint density at radius 1 is 1.10 bits per heavy atom. The molecule has 4 fully saturated rings. The molecule has 4 rings (SSSR count). The van der Waals surface area contributed by atoms with Crippen molar-refractivity contribution in [3.63, 3.8) is 0 Å². The highest BCUT2D eigenvalue weighted by atomic mass is 19.4. The summed E-state index contributed by atoms with van der Waals surface area (Å²) in [6.45, 7) is 5.71. The number of carbonyl (C=O) groups excluding carboxylic acids is 1. The van der Waals surface area contributed by atoms with Crippen molar-refractivity contribution in [2.45, 2.75) is 70.1 Å². The van der Waals surface area contributed by atoms with Gasteiger partial charge >= 0.3 is 12.3 Å². The maximum Gasteiger partial charge on any atom is 0.409 e. The van der Waals surface area contributed by atoms with Crippen LogP contribution in [0.3, 0.4) is 0 Å². The normalized spacial score (nSPS) is 34.7. The van der Waals surface area contributed by atoms with Crippen LogP contribution in [0.2, 0.25) is 0 Å². The third kappa shape index (κ3) is 4.68. The summed E-state index contributed by atoms with van der Waals surface area (Å²) in [7, 11) is 0. The maximum absolute atomic E-state index is 12.9. The standard InChI is InChI=1S/C21H34F3N3O2/c1-2-29-19(28)27-11-7-20(14-27)12-17(13-20)25-9-5-16(6-10-25)18-4-3-8-26(18)15-21(22,23)24/h16-18H,2-15H2,1H3. The molecule has 8 heteroatoms. The van der Waals surface area contributed by atoms with E-state index >= 15 is 0 Å². The SMILES string of the molecule is CCOC(=O)N1CCC2(CC(N3CCC(C4CCCN4CC(F)(F)F)CC3)C2)C1. The number of hydrogen-bond donors (Lipinski definition) is 0. The molecule has 0 aromatic carbocycles. The minimum atomic E-state index is -4.09. The molecule has 3 heterocycles. The van der Waals surface area contributed by atoms with Crippen molar-refractivity contribution in [3.8, 4) is 0 Å². The summed E-state index contributed by atoms with van der Waals surface area (Å²) in [5.74, 6) is 0.399. The van der Waals surface area contributed by atoms with Gasteiger partial charge in [0.15, 0.2) is 0 Å². The molecule has 3 saturated heterocycles. The Kier molecular flexibility index (Phi) is 6.04. The molecule has 1 unspecified atom stereocenters. The molecule has 0 bridgehead atoms. The van der Waals surface area contributed by atoms with Crippen molar-refractivity contribution in [2.75, 3.05) is 45.9 Å². The monoisotopic (exact) mass is 417 g/mol. The molecule has 1 atom stereocenters. The zero-order valence-electron chi connectivity index (χ0n) is 17.4. The molecule has 29 heavy (non-hydrogen) atoms. The second-order valence-electron chi connectivity index (χ2n) is 9.60. The van der Waals surface area contributed by atoms with Crippen molar-refractivity contribution in [2.24, 2.45) is 11.3 Å². The Labute approximate surface area is 171 Å². The van der Waals surface area contributed by atoms with Crippen molar-refractivity contribution < 1.29 is 22.7 Å². The first kappa shape index (κ1) is 21.2. The molecular formula is C21H34F3N3O2. The lowest BCUT2D eigenvalue weighted by molar-refractivity contribution is -0.150. The van der Waals surface area contributed by atoms with Gasteiger partial charge in [0, 0.05) is 25.2 Å². The molecule has 166 valence electrons. The van der Waals surface area contributed by atoms with Crippen LogP contribution in [0, 0.1) is 11.3 Å². The molecule has 0 N–H and O–H groups in total. The highest BCUT2D eigenvalue weighted by molar-refractivity contribution is 5.68. The third-order valence-corrected chi connectivity index (χ3v) is 7.73. The van der Waals surface area contributed by atoms with Crippen LogP contribution in [0.5, 0.6) is 0 Å². The maximum atomic E-state index is 12.9. The number of nitrogens with zero attached hydrogens (tertiary/aromatic N) is 3. The Hall–Kier alpha value is -1.02. The van der Waals surface area contributed by atoms with Gasteiger partial charge in [-0.3, -0.25) is 4.90 Å². The fourth-order valence-electron chi connectivity index (χ4n) is 6.32. The zero-order valence-corrected chi connectivity index (χ0v) is 17.4. The van der Waals surface area contributed by atoms with Gasteiger partial charge in [0.1, 0.15) is 0 Å². The van der Waals surface area contributed by atoms with E-state index in [1.807, 2.05) is 11.8 Å². The van der Waals surface area contributed by atoms with Gasteiger partial charge in [0.05, 0.1) is 13.2 Å². The number of halogens is 3. The second-order valence-corrected chi connectivity index (χ2v) is 9.60.